The van der Waals surface area contributed by atoms with E-state index >= 15 is 0 Å². The van der Waals surface area contributed by atoms with Gasteiger partial charge in [-0.2, -0.15) is 0 Å². The van der Waals surface area contributed by atoms with Gasteiger partial charge in [-0.05, 0) is 38.7 Å². The molecule has 1 aromatic rings. The van der Waals surface area contributed by atoms with Crippen LogP contribution in [0, 0.1) is 16.0 Å². The molecular weight excluding hydrogens is 258 g/mol. The standard InChI is InChI=1S/C14H19N3O3/c1-14(2,9-7-8-9)16-13(18)10-5-4-6-11(17(19)20)12(10)15-3/h4-6,9,15H,7-8H2,1-3H3,(H,16,18). The average Bonchev–Trinajstić information content (AvgIpc) is 3.21. The number of carbonyl (C=O) groups is 1. The third-order valence-corrected chi connectivity index (χ3v) is 3.77. The Morgan fingerprint density at radius 2 is 2.05 bits per heavy atom. The minimum absolute atomic E-state index is 0.0932. The lowest BCUT2D eigenvalue weighted by Gasteiger charge is -2.26. The van der Waals surface area contributed by atoms with Crippen LogP contribution in [0.2, 0.25) is 0 Å². The predicted octanol–water partition coefficient (Wildman–Crippen LogP) is 2.55. The van der Waals surface area contributed by atoms with Gasteiger partial charge >= 0.3 is 0 Å². The molecule has 1 aliphatic carbocycles. The first-order valence-electron chi connectivity index (χ1n) is 6.64. The van der Waals surface area contributed by atoms with E-state index in [0.29, 0.717) is 11.5 Å². The molecule has 0 heterocycles. The van der Waals surface area contributed by atoms with Gasteiger partial charge in [-0.25, -0.2) is 0 Å². The molecular formula is C14H19N3O3. The van der Waals surface area contributed by atoms with E-state index in [1.54, 1.807) is 13.1 Å². The summed E-state index contributed by atoms with van der Waals surface area (Å²) in [6.45, 7) is 3.97. The summed E-state index contributed by atoms with van der Waals surface area (Å²) in [4.78, 5) is 22.9. The second-order valence-corrected chi connectivity index (χ2v) is 5.66. The number of hydrogen-bond donors (Lipinski definition) is 2. The van der Waals surface area contributed by atoms with Crippen LogP contribution < -0.4 is 10.6 Å². The lowest BCUT2D eigenvalue weighted by atomic mass is 9.97. The Kier molecular flexibility index (Phi) is 3.65. The van der Waals surface area contributed by atoms with Gasteiger partial charge in [0, 0.05) is 18.7 Å². The summed E-state index contributed by atoms with van der Waals surface area (Å²) < 4.78 is 0. The van der Waals surface area contributed by atoms with Gasteiger partial charge in [0.25, 0.3) is 11.6 Å². The van der Waals surface area contributed by atoms with Crippen molar-refractivity contribution in [3.8, 4) is 0 Å². The van der Waals surface area contributed by atoms with Gasteiger partial charge in [0.1, 0.15) is 5.69 Å². The van der Waals surface area contributed by atoms with E-state index in [9.17, 15) is 14.9 Å². The largest absolute Gasteiger partial charge is 0.382 e. The minimum Gasteiger partial charge on any atom is -0.382 e. The summed E-state index contributed by atoms with van der Waals surface area (Å²) >= 11 is 0. The molecule has 0 atom stereocenters. The lowest BCUT2D eigenvalue weighted by Crippen LogP contribution is -2.45. The van der Waals surface area contributed by atoms with E-state index in [1.807, 2.05) is 13.8 Å². The number of nitrogens with zero attached hydrogens (tertiary/aromatic N) is 1. The van der Waals surface area contributed by atoms with Crippen molar-refractivity contribution >= 4 is 17.3 Å². The number of para-hydroxylation sites is 1. The summed E-state index contributed by atoms with van der Waals surface area (Å²) in [7, 11) is 1.57. The summed E-state index contributed by atoms with van der Waals surface area (Å²) in [5.74, 6) is 0.207. The number of hydrogen-bond acceptors (Lipinski definition) is 4. The molecule has 1 amide bonds. The van der Waals surface area contributed by atoms with Crippen molar-refractivity contribution in [2.24, 2.45) is 5.92 Å². The fourth-order valence-corrected chi connectivity index (χ4v) is 2.41. The van der Waals surface area contributed by atoms with Gasteiger partial charge in [-0.15, -0.1) is 0 Å². The summed E-state index contributed by atoms with van der Waals surface area (Å²) in [5, 5.41) is 16.7. The number of nitro groups is 1. The molecule has 0 unspecified atom stereocenters. The maximum absolute atomic E-state index is 12.4. The second-order valence-electron chi connectivity index (χ2n) is 5.66. The Labute approximate surface area is 117 Å². The van der Waals surface area contributed by atoms with Crippen molar-refractivity contribution in [3.63, 3.8) is 0 Å². The molecule has 0 saturated heterocycles. The Morgan fingerprint density at radius 1 is 1.40 bits per heavy atom. The molecule has 0 bridgehead atoms. The van der Waals surface area contributed by atoms with E-state index in [0.717, 1.165) is 12.8 Å². The Morgan fingerprint density at radius 3 is 2.55 bits per heavy atom. The molecule has 0 aliphatic heterocycles. The van der Waals surface area contributed by atoms with Crippen LogP contribution in [0.1, 0.15) is 37.0 Å². The molecule has 6 nitrogen and oxygen atoms in total. The van der Waals surface area contributed by atoms with Gasteiger partial charge in [0.05, 0.1) is 10.5 Å². The van der Waals surface area contributed by atoms with E-state index < -0.39 is 4.92 Å². The van der Waals surface area contributed by atoms with Gasteiger partial charge in [0.2, 0.25) is 0 Å². The molecule has 1 saturated carbocycles. The number of rotatable bonds is 5. The second kappa shape index (κ2) is 5.11. The van der Waals surface area contributed by atoms with E-state index in [1.165, 1.54) is 12.1 Å². The number of amides is 1. The zero-order valence-corrected chi connectivity index (χ0v) is 11.9. The monoisotopic (exact) mass is 277 g/mol. The highest BCUT2D eigenvalue weighted by molar-refractivity contribution is 6.02. The van der Waals surface area contributed by atoms with Gasteiger partial charge < -0.3 is 10.6 Å². The molecule has 1 aromatic carbocycles. The Bertz CT molecular complexity index is 551. The lowest BCUT2D eigenvalue weighted by molar-refractivity contribution is -0.384. The van der Waals surface area contributed by atoms with Crippen molar-refractivity contribution in [1.29, 1.82) is 0 Å². The SMILES string of the molecule is CNc1c(C(=O)NC(C)(C)C2CC2)cccc1[N+](=O)[O-]. The zero-order valence-electron chi connectivity index (χ0n) is 11.9. The topological polar surface area (TPSA) is 84.3 Å². The molecule has 0 aromatic heterocycles. The van der Waals surface area contributed by atoms with E-state index in [-0.39, 0.29) is 22.8 Å². The molecule has 108 valence electrons. The van der Waals surface area contributed by atoms with Crippen molar-refractivity contribution < 1.29 is 9.72 Å². The van der Waals surface area contributed by atoms with Crippen LogP contribution in [0.15, 0.2) is 18.2 Å². The van der Waals surface area contributed by atoms with Gasteiger partial charge in [-0.1, -0.05) is 6.07 Å². The summed E-state index contributed by atoms with van der Waals surface area (Å²) in [5.41, 5.74) is 0.175. The predicted molar refractivity (Wildman–Crippen MR) is 76.9 cm³/mol. The maximum Gasteiger partial charge on any atom is 0.293 e. The molecule has 2 N–H and O–H groups in total. The number of carbonyl (C=O) groups excluding carboxylic acids is 1. The van der Waals surface area contributed by atoms with Crippen LogP contribution in [0.5, 0.6) is 0 Å². The van der Waals surface area contributed by atoms with Crippen LogP contribution in [0.4, 0.5) is 11.4 Å². The van der Waals surface area contributed by atoms with Crippen molar-refractivity contribution in [1.82, 2.24) is 5.32 Å². The normalized spacial score (nSPS) is 14.8. The fourth-order valence-electron chi connectivity index (χ4n) is 2.41. The number of nitro benzene ring substituents is 1. The van der Waals surface area contributed by atoms with Crippen LogP contribution in [0.25, 0.3) is 0 Å². The molecule has 1 fully saturated rings. The summed E-state index contributed by atoms with van der Waals surface area (Å²) in [6.07, 6.45) is 2.22. The number of benzene rings is 1. The average molecular weight is 277 g/mol. The van der Waals surface area contributed by atoms with Gasteiger partial charge in [-0.3, -0.25) is 14.9 Å². The van der Waals surface area contributed by atoms with Crippen LogP contribution >= 0.6 is 0 Å². The Hall–Kier alpha value is -2.11. The quantitative estimate of drug-likeness (QED) is 0.640. The highest BCUT2D eigenvalue weighted by Gasteiger charge is 2.39. The van der Waals surface area contributed by atoms with Crippen LogP contribution in [-0.2, 0) is 0 Å². The summed E-state index contributed by atoms with van der Waals surface area (Å²) in [6, 6.07) is 4.50. The molecule has 6 heteroatoms. The first-order valence-corrected chi connectivity index (χ1v) is 6.64. The first-order chi connectivity index (χ1) is 9.36. The van der Waals surface area contributed by atoms with Crippen molar-refractivity contribution in [3.05, 3.63) is 33.9 Å². The maximum atomic E-state index is 12.4. The highest BCUT2D eigenvalue weighted by Crippen LogP contribution is 2.39. The van der Waals surface area contributed by atoms with E-state index in [4.69, 9.17) is 0 Å². The fraction of sp³-hybridized carbons (Fsp3) is 0.500. The number of nitrogens with one attached hydrogen (secondary N) is 2. The minimum atomic E-state index is -0.491. The van der Waals surface area contributed by atoms with Crippen LogP contribution in [-0.4, -0.2) is 23.4 Å². The molecule has 0 radical (unpaired) electrons. The number of anilines is 1. The molecule has 0 spiro atoms. The molecule has 1 aliphatic rings. The van der Waals surface area contributed by atoms with Crippen LogP contribution in [0.3, 0.4) is 0 Å². The van der Waals surface area contributed by atoms with Crippen molar-refractivity contribution in [2.45, 2.75) is 32.2 Å². The third kappa shape index (κ3) is 2.74. The van der Waals surface area contributed by atoms with E-state index in [2.05, 4.69) is 10.6 Å². The molecule has 20 heavy (non-hydrogen) atoms. The zero-order chi connectivity index (χ0) is 14.9. The Balaban J connectivity index is 2.29. The smallest absolute Gasteiger partial charge is 0.293 e. The third-order valence-electron chi connectivity index (χ3n) is 3.77. The molecule has 2 rings (SSSR count). The van der Waals surface area contributed by atoms with Crippen molar-refractivity contribution in [2.75, 3.05) is 12.4 Å². The first kappa shape index (κ1) is 14.3. The van der Waals surface area contributed by atoms with Gasteiger partial charge in [0.15, 0.2) is 0 Å². The highest BCUT2D eigenvalue weighted by atomic mass is 16.6.